The van der Waals surface area contributed by atoms with Gasteiger partial charge in [-0.3, -0.25) is 9.59 Å². The predicted molar refractivity (Wildman–Crippen MR) is 78.3 cm³/mol. The number of hydrogen-bond acceptors (Lipinski definition) is 2. The second-order valence-electron chi connectivity index (χ2n) is 6.79. The van der Waals surface area contributed by atoms with Gasteiger partial charge in [-0.15, -0.1) is 0 Å². The van der Waals surface area contributed by atoms with Crippen molar-refractivity contribution in [1.29, 1.82) is 0 Å². The summed E-state index contributed by atoms with van der Waals surface area (Å²) in [6, 6.07) is 10.2. The molecule has 2 fully saturated rings. The summed E-state index contributed by atoms with van der Waals surface area (Å²) in [5, 5.41) is 0. The summed E-state index contributed by atoms with van der Waals surface area (Å²) in [6.07, 6.45) is 4.87. The highest BCUT2D eigenvalue weighted by atomic mass is 16.1. The van der Waals surface area contributed by atoms with Crippen LogP contribution >= 0.6 is 0 Å². The quantitative estimate of drug-likeness (QED) is 0.823. The van der Waals surface area contributed by atoms with Crippen molar-refractivity contribution in [2.45, 2.75) is 45.4 Å². The van der Waals surface area contributed by atoms with Crippen molar-refractivity contribution in [2.24, 2.45) is 17.3 Å². The SMILES string of the molecule is C[C@]12CCCC(=O)[C@@H]1C[C@H](Cc1ccccc1)C(=O)C2. The molecular weight excluding hydrogens is 248 g/mol. The van der Waals surface area contributed by atoms with Gasteiger partial charge in [-0.1, -0.05) is 37.3 Å². The second kappa shape index (κ2) is 5.16. The Kier molecular flexibility index (Phi) is 3.49. The molecule has 0 radical (unpaired) electrons. The van der Waals surface area contributed by atoms with Gasteiger partial charge in [0, 0.05) is 24.7 Å². The molecule has 3 atom stereocenters. The lowest BCUT2D eigenvalue weighted by Gasteiger charge is -2.45. The van der Waals surface area contributed by atoms with Crippen LogP contribution in [0.5, 0.6) is 0 Å². The van der Waals surface area contributed by atoms with Crippen molar-refractivity contribution in [3.8, 4) is 0 Å². The third-order valence-corrected chi connectivity index (χ3v) is 5.28. The van der Waals surface area contributed by atoms with Crippen molar-refractivity contribution in [1.82, 2.24) is 0 Å². The summed E-state index contributed by atoms with van der Waals surface area (Å²) in [5.41, 5.74) is 1.15. The molecule has 0 aliphatic heterocycles. The van der Waals surface area contributed by atoms with Crippen LogP contribution in [0.15, 0.2) is 30.3 Å². The van der Waals surface area contributed by atoms with Gasteiger partial charge in [0.2, 0.25) is 0 Å². The second-order valence-corrected chi connectivity index (χ2v) is 6.79. The Morgan fingerprint density at radius 1 is 1.15 bits per heavy atom. The summed E-state index contributed by atoms with van der Waals surface area (Å²) in [6.45, 7) is 2.14. The van der Waals surface area contributed by atoms with Gasteiger partial charge in [0.15, 0.2) is 0 Å². The average Bonchev–Trinajstić information content (AvgIpc) is 2.42. The Balaban J connectivity index is 1.78. The minimum Gasteiger partial charge on any atom is -0.299 e. The van der Waals surface area contributed by atoms with Gasteiger partial charge in [0.1, 0.15) is 11.6 Å². The number of rotatable bonds is 2. The molecule has 2 nitrogen and oxygen atoms in total. The zero-order chi connectivity index (χ0) is 14.2. The molecule has 2 saturated carbocycles. The molecular formula is C18H22O2. The summed E-state index contributed by atoms with van der Waals surface area (Å²) in [7, 11) is 0. The van der Waals surface area contributed by atoms with E-state index in [0.29, 0.717) is 24.4 Å². The first-order valence-corrected chi connectivity index (χ1v) is 7.68. The van der Waals surface area contributed by atoms with E-state index in [1.807, 2.05) is 18.2 Å². The summed E-state index contributed by atoms with van der Waals surface area (Å²) < 4.78 is 0. The highest BCUT2D eigenvalue weighted by molar-refractivity contribution is 5.89. The zero-order valence-corrected chi connectivity index (χ0v) is 12.1. The molecule has 0 unspecified atom stereocenters. The third-order valence-electron chi connectivity index (χ3n) is 5.28. The van der Waals surface area contributed by atoms with Gasteiger partial charge in [-0.25, -0.2) is 0 Å². The van der Waals surface area contributed by atoms with Crippen molar-refractivity contribution >= 4 is 11.6 Å². The molecule has 0 spiro atoms. The van der Waals surface area contributed by atoms with E-state index >= 15 is 0 Å². The van der Waals surface area contributed by atoms with Crippen LogP contribution in [-0.4, -0.2) is 11.6 Å². The molecule has 0 heterocycles. The van der Waals surface area contributed by atoms with E-state index in [1.165, 1.54) is 5.56 Å². The first-order chi connectivity index (χ1) is 9.58. The minimum atomic E-state index is -0.0559. The molecule has 3 rings (SSSR count). The fourth-order valence-corrected chi connectivity index (χ4v) is 4.09. The van der Waals surface area contributed by atoms with E-state index in [1.54, 1.807) is 0 Å². The van der Waals surface area contributed by atoms with Gasteiger partial charge in [0.25, 0.3) is 0 Å². The van der Waals surface area contributed by atoms with Gasteiger partial charge < -0.3 is 0 Å². The van der Waals surface area contributed by atoms with E-state index in [0.717, 1.165) is 25.7 Å². The number of ketones is 2. The molecule has 0 saturated heterocycles. The molecule has 1 aromatic carbocycles. The predicted octanol–water partition coefficient (Wildman–Crippen LogP) is 3.58. The summed E-state index contributed by atoms with van der Waals surface area (Å²) in [5.74, 6) is 0.909. The molecule has 0 amide bonds. The van der Waals surface area contributed by atoms with E-state index in [9.17, 15) is 9.59 Å². The fourth-order valence-electron chi connectivity index (χ4n) is 4.09. The monoisotopic (exact) mass is 270 g/mol. The van der Waals surface area contributed by atoms with Crippen LogP contribution in [0.25, 0.3) is 0 Å². The molecule has 0 bridgehead atoms. The lowest BCUT2D eigenvalue weighted by molar-refractivity contribution is -0.141. The van der Waals surface area contributed by atoms with Gasteiger partial charge in [-0.05, 0) is 36.7 Å². The van der Waals surface area contributed by atoms with Crippen molar-refractivity contribution in [3.63, 3.8) is 0 Å². The van der Waals surface area contributed by atoms with E-state index < -0.39 is 0 Å². The van der Waals surface area contributed by atoms with E-state index in [2.05, 4.69) is 19.1 Å². The van der Waals surface area contributed by atoms with Gasteiger partial charge in [-0.2, -0.15) is 0 Å². The molecule has 2 aliphatic rings. The number of fused-ring (bicyclic) bond motifs is 1. The van der Waals surface area contributed by atoms with Crippen LogP contribution in [0.1, 0.15) is 44.6 Å². The molecule has 2 heteroatoms. The standard InChI is InChI=1S/C18H22O2/c1-18-9-5-8-16(19)15(18)11-14(17(20)12-18)10-13-6-3-2-4-7-13/h2-4,6-7,14-15H,5,8-12H2,1H3/t14-,15-,18+/m0/s1. The van der Waals surface area contributed by atoms with Crippen LogP contribution in [0.2, 0.25) is 0 Å². The number of hydrogen-bond donors (Lipinski definition) is 0. The normalized spacial score (nSPS) is 33.9. The van der Waals surface area contributed by atoms with Crippen LogP contribution in [0.4, 0.5) is 0 Å². The number of benzene rings is 1. The topological polar surface area (TPSA) is 34.1 Å². The number of Topliss-reactive ketones (excluding diaryl/α,β-unsaturated/α-hetero) is 2. The molecule has 2 aliphatic carbocycles. The van der Waals surface area contributed by atoms with Gasteiger partial charge >= 0.3 is 0 Å². The highest BCUT2D eigenvalue weighted by Gasteiger charge is 2.48. The maximum absolute atomic E-state index is 12.5. The molecule has 106 valence electrons. The Morgan fingerprint density at radius 2 is 1.90 bits per heavy atom. The Labute approximate surface area is 120 Å². The maximum Gasteiger partial charge on any atom is 0.136 e. The van der Waals surface area contributed by atoms with Crippen molar-refractivity contribution < 1.29 is 9.59 Å². The Bertz CT molecular complexity index is 519. The third kappa shape index (κ3) is 2.44. The van der Waals surface area contributed by atoms with Crippen LogP contribution < -0.4 is 0 Å². The Morgan fingerprint density at radius 3 is 2.65 bits per heavy atom. The van der Waals surface area contributed by atoms with Crippen LogP contribution in [0, 0.1) is 17.3 Å². The minimum absolute atomic E-state index is 0.0394. The number of carbonyl (C=O) groups excluding carboxylic acids is 2. The lowest BCUT2D eigenvalue weighted by atomic mass is 9.57. The van der Waals surface area contributed by atoms with E-state index in [4.69, 9.17) is 0 Å². The largest absolute Gasteiger partial charge is 0.299 e. The average molecular weight is 270 g/mol. The smallest absolute Gasteiger partial charge is 0.136 e. The molecule has 1 aromatic rings. The van der Waals surface area contributed by atoms with E-state index in [-0.39, 0.29) is 17.3 Å². The summed E-state index contributed by atoms with van der Waals surface area (Å²) in [4.78, 5) is 24.7. The lowest BCUT2D eigenvalue weighted by Crippen LogP contribution is -2.46. The first kappa shape index (κ1) is 13.5. The number of carbonyl (C=O) groups is 2. The first-order valence-electron chi connectivity index (χ1n) is 7.68. The van der Waals surface area contributed by atoms with Crippen molar-refractivity contribution in [3.05, 3.63) is 35.9 Å². The fraction of sp³-hybridized carbons (Fsp3) is 0.556. The van der Waals surface area contributed by atoms with Gasteiger partial charge in [0.05, 0.1) is 0 Å². The maximum atomic E-state index is 12.5. The summed E-state index contributed by atoms with van der Waals surface area (Å²) >= 11 is 0. The van der Waals surface area contributed by atoms with Crippen molar-refractivity contribution in [2.75, 3.05) is 0 Å². The molecule has 0 aromatic heterocycles. The molecule has 20 heavy (non-hydrogen) atoms. The van der Waals surface area contributed by atoms with Crippen LogP contribution in [0.3, 0.4) is 0 Å². The zero-order valence-electron chi connectivity index (χ0n) is 12.1. The Hall–Kier alpha value is -1.44. The molecule has 0 N–H and O–H groups in total. The van der Waals surface area contributed by atoms with Crippen LogP contribution in [-0.2, 0) is 16.0 Å². The highest BCUT2D eigenvalue weighted by Crippen LogP contribution is 2.49.